The van der Waals surface area contributed by atoms with Gasteiger partial charge in [0.1, 0.15) is 4.90 Å². The average Bonchev–Trinajstić information content (AvgIpc) is 2.95. The summed E-state index contributed by atoms with van der Waals surface area (Å²) in [6, 6.07) is 6.64. The third-order valence-corrected chi connectivity index (χ3v) is 6.74. The van der Waals surface area contributed by atoms with Gasteiger partial charge in [0.25, 0.3) is 0 Å². The van der Waals surface area contributed by atoms with E-state index in [1.54, 1.807) is 36.0 Å². The quantitative estimate of drug-likeness (QED) is 0.552. The molecule has 0 aromatic heterocycles. The van der Waals surface area contributed by atoms with Crippen LogP contribution in [0.3, 0.4) is 0 Å². The van der Waals surface area contributed by atoms with Gasteiger partial charge in [-0.3, -0.25) is 5.84 Å². The van der Waals surface area contributed by atoms with Gasteiger partial charge in [-0.25, -0.2) is 13.1 Å². The van der Waals surface area contributed by atoms with E-state index in [1.165, 1.54) is 12.8 Å². The number of rotatable bonds is 6. The second-order valence-corrected chi connectivity index (χ2v) is 8.07. The van der Waals surface area contributed by atoms with E-state index in [9.17, 15) is 8.42 Å². The van der Waals surface area contributed by atoms with Crippen LogP contribution in [0.5, 0.6) is 0 Å². The molecule has 0 spiro atoms. The molecule has 0 heterocycles. The van der Waals surface area contributed by atoms with Crippen molar-refractivity contribution in [2.24, 2.45) is 5.84 Å². The maximum atomic E-state index is 12.4. The molecule has 1 fully saturated rings. The highest BCUT2D eigenvalue weighted by atomic mass is 32.2. The number of hydrogen-bond donors (Lipinski definition) is 3. The Balaban J connectivity index is 2.15. The van der Waals surface area contributed by atoms with Crippen LogP contribution >= 0.6 is 11.8 Å². The lowest BCUT2D eigenvalue weighted by molar-refractivity contribution is 0.551. The lowest BCUT2D eigenvalue weighted by atomic mass is 10.1. The van der Waals surface area contributed by atoms with E-state index in [0.29, 0.717) is 12.2 Å². The van der Waals surface area contributed by atoms with Crippen LogP contribution in [0.25, 0.3) is 0 Å². The molecule has 1 aromatic carbocycles. The molecule has 112 valence electrons. The summed E-state index contributed by atoms with van der Waals surface area (Å²) in [6.07, 6.45) is 6.52. The van der Waals surface area contributed by atoms with Gasteiger partial charge in [0.15, 0.2) is 0 Å². The minimum atomic E-state index is -3.54. The standard InChI is InChI=1S/C13H21N3O2S2/c1-19-13(8-4-5-9-13)10-15-20(17,18)12-7-3-2-6-11(12)16-14/h2-3,6-7,15-16H,4-5,8-10,14H2,1H3. The Bertz CT molecular complexity index is 554. The van der Waals surface area contributed by atoms with Crippen molar-refractivity contribution in [1.29, 1.82) is 0 Å². The smallest absolute Gasteiger partial charge is 0.242 e. The molecule has 0 unspecified atom stereocenters. The highest BCUT2D eigenvalue weighted by Gasteiger charge is 2.34. The van der Waals surface area contributed by atoms with Gasteiger partial charge in [0.05, 0.1) is 5.69 Å². The fourth-order valence-electron chi connectivity index (χ4n) is 2.60. The zero-order valence-corrected chi connectivity index (χ0v) is 13.2. The first-order chi connectivity index (χ1) is 9.53. The SMILES string of the molecule is CSC1(CNS(=O)(=O)c2ccccc2NN)CCCC1. The summed E-state index contributed by atoms with van der Waals surface area (Å²) >= 11 is 1.76. The van der Waals surface area contributed by atoms with Crippen LogP contribution in [0.4, 0.5) is 5.69 Å². The molecule has 0 amide bonds. The summed E-state index contributed by atoms with van der Waals surface area (Å²) in [5.41, 5.74) is 2.84. The van der Waals surface area contributed by atoms with Gasteiger partial charge in [-0.2, -0.15) is 11.8 Å². The van der Waals surface area contributed by atoms with Gasteiger partial charge >= 0.3 is 0 Å². The molecule has 1 aromatic rings. The summed E-state index contributed by atoms with van der Waals surface area (Å²) in [4.78, 5) is 0.191. The van der Waals surface area contributed by atoms with E-state index in [4.69, 9.17) is 5.84 Å². The van der Waals surface area contributed by atoms with Gasteiger partial charge in [-0.05, 0) is 31.2 Å². The molecule has 0 radical (unpaired) electrons. The van der Waals surface area contributed by atoms with Crippen molar-refractivity contribution in [2.75, 3.05) is 18.2 Å². The maximum absolute atomic E-state index is 12.4. The first kappa shape index (κ1) is 15.6. The Kier molecular flexibility index (Phi) is 4.95. The number of nitrogen functional groups attached to an aromatic ring is 1. The number of thioether (sulfide) groups is 1. The molecule has 7 heteroatoms. The van der Waals surface area contributed by atoms with Crippen LogP contribution in [0.1, 0.15) is 25.7 Å². The normalized spacial score (nSPS) is 18.1. The van der Waals surface area contributed by atoms with Crippen molar-refractivity contribution >= 4 is 27.5 Å². The number of nitrogens with two attached hydrogens (primary N) is 1. The Morgan fingerprint density at radius 3 is 2.55 bits per heavy atom. The molecule has 1 aliphatic carbocycles. The second kappa shape index (κ2) is 6.34. The molecule has 0 bridgehead atoms. The fraction of sp³-hybridized carbons (Fsp3) is 0.538. The minimum absolute atomic E-state index is 0.0398. The third-order valence-electron chi connectivity index (χ3n) is 3.86. The Labute approximate surface area is 124 Å². The number of sulfonamides is 1. The van der Waals surface area contributed by atoms with E-state index < -0.39 is 10.0 Å². The van der Waals surface area contributed by atoms with E-state index in [1.807, 2.05) is 0 Å². The van der Waals surface area contributed by atoms with Crippen molar-refractivity contribution in [3.05, 3.63) is 24.3 Å². The maximum Gasteiger partial charge on any atom is 0.242 e. The number of anilines is 1. The van der Waals surface area contributed by atoms with Crippen LogP contribution < -0.4 is 16.0 Å². The van der Waals surface area contributed by atoms with Gasteiger partial charge in [-0.15, -0.1) is 0 Å². The summed E-state index contributed by atoms with van der Waals surface area (Å²) in [7, 11) is -3.54. The molecule has 4 N–H and O–H groups in total. The Hall–Kier alpha value is -0.760. The van der Waals surface area contributed by atoms with Crippen molar-refractivity contribution in [1.82, 2.24) is 4.72 Å². The number of benzene rings is 1. The van der Waals surface area contributed by atoms with Crippen molar-refractivity contribution in [2.45, 2.75) is 35.3 Å². The minimum Gasteiger partial charge on any atom is -0.323 e. The number of hydrazine groups is 1. The molecule has 0 saturated heterocycles. The largest absolute Gasteiger partial charge is 0.323 e. The second-order valence-electron chi connectivity index (χ2n) is 5.06. The number of hydrogen-bond acceptors (Lipinski definition) is 5. The predicted molar refractivity (Wildman–Crippen MR) is 84.2 cm³/mol. The van der Waals surface area contributed by atoms with E-state index >= 15 is 0 Å². The molecular weight excluding hydrogens is 294 g/mol. The lowest BCUT2D eigenvalue weighted by Crippen LogP contribution is -2.38. The lowest BCUT2D eigenvalue weighted by Gasteiger charge is -2.27. The Morgan fingerprint density at radius 1 is 1.30 bits per heavy atom. The van der Waals surface area contributed by atoms with Crippen molar-refractivity contribution < 1.29 is 8.42 Å². The van der Waals surface area contributed by atoms with Crippen LogP contribution in [-0.4, -0.2) is 26.0 Å². The zero-order chi connectivity index (χ0) is 14.6. The first-order valence-corrected chi connectivity index (χ1v) is 9.34. The molecule has 0 aliphatic heterocycles. The summed E-state index contributed by atoms with van der Waals surface area (Å²) < 4.78 is 27.6. The number of nitrogens with one attached hydrogen (secondary N) is 2. The predicted octanol–water partition coefficient (Wildman–Crippen LogP) is 1.93. The van der Waals surface area contributed by atoms with E-state index in [0.717, 1.165) is 12.8 Å². The van der Waals surface area contributed by atoms with Crippen LogP contribution in [0, 0.1) is 0 Å². The van der Waals surface area contributed by atoms with Crippen LogP contribution in [-0.2, 0) is 10.0 Å². The monoisotopic (exact) mass is 315 g/mol. The third kappa shape index (κ3) is 3.28. The molecule has 1 aliphatic rings. The number of para-hydroxylation sites is 1. The van der Waals surface area contributed by atoms with Crippen molar-refractivity contribution in [3.8, 4) is 0 Å². The Morgan fingerprint density at radius 2 is 1.95 bits per heavy atom. The van der Waals surface area contributed by atoms with E-state index in [2.05, 4.69) is 16.4 Å². The van der Waals surface area contributed by atoms with Crippen LogP contribution in [0.15, 0.2) is 29.2 Å². The summed E-state index contributed by atoms with van der Waals surface area (Å²) in [5, 5.41) is 0. The fourth-order valence-corrected chi connectivity index (χ4v) is 4.90. The van der Waals surface area contributed by atoms with Gasteiger partial charge < -0.3 is 5.43 Å². The van der Waals surface area contributed by atoms with Gasteiger partial charge in [0.2, 0.25) is 10.0 Å². The molecule has 0 atom stereocenters. The summed E-state index contributed by atoms with van der Waals surface area (Å²) in [5.74, 6) is 5.37. The van der Waals surface area contributed by atoms with E-state index in [-0.39, 0.29) is 9.64 Å². The highest BCUT2D eigenvalue weighted by Crippen LogP contribution is 2.39. The molecular formula is C13H21N3O2S2. The molecule has 5 nitrogen and oxygen atoms in total. The molecule has 1 saturated carbocycles. The molecule has 20 heavy (non-hydrogen) atoms. The average molecular weight is 315 g/mol. The zero-order valence-electron chi connectivity index (χ0n) is 11.6. The van der Waals surface area contributed by atoms with Crippen LogP contribution in [0.2, 0.25) is 0 Å². The first-order valence-electron chi connectivity index (χ1n) is 6.63. The topological polar surface area (TPSA) is 84.2 Å². The highest BCUT2D eigenvalue weighted by molar-refractivity contribution is 8.00. The van der Waals surface area contributed by atoms with Crippen molar-refractivity contribution in [3.63, 3.8) is 0 Å². The molecule has 2 rings (SSSR count). The van der Waals surface area contributed by atoms with Gasteiger partial charge in [0, 0.05) is 11.3 Å². The summed E-state index contributed by atoms with van der Waals surface area (Å²) in [6.45, 7) is 0.468. The van der Waals surface area contributed by atoms with Gasteiger partial charge in [-0.1, -0.05) is 25.0 Å².